The highest BCUT2D eigenvalue weighted by Crippen LogP contribution is 2.36. The standard InChI is InChI=1S/C20H24N2O5/c1-4-6-12-21(15-10-8-7-9-11-15)20(23)16-13-19(27-5-2)18(26-3)14-17(16)22(24)25/h7-11,13-14H,4-6,12H2,1-3H3. The number of para-hydroxylation sites is 1. The van der Waals surface area contributed by atoms with E-state index in [0.29, 0.717) is 24.6 Å². The van der Waals surface area contributed by atoms with Gasteiger partial charge in [0, 0.05) is 18.3 Å². The molecule has 144 valence electrons. The summed E-state index contributed by atoms with van der Waals surface area (Å²) in [6.45, 7) is 4.63. The van der Waals surface area contributed by atoms with Gasteiger partial charge in [0.2, 0.25) is 0 Å². The first kappa shape index (κ1) is 20.2. The molecule has 0 radical (unpaired) electrons. The lowest BCUT2D eigenvalue weighted by molar-refractivity contribution is -0.385. The number of hydrogen-bond donors (Lipinski definition) is 0. The van der Waals surface area contributed by atoms with E-state index in [1.165, 1.54) is 19.2 Å². The molecule has 0 saturated heterocycles. The predicted octanol–water partition coefficient (Wildman–Crippen LogP) is 4.45. The van der Waals surface area contributed by atoms with Gasteiger partial charge < -0.3 is 14.4 Å². The zero-order valence-electron chi connectivity index (χ0n) is 15.8. The molecule has 0 spiro atoms. The van der Waals surface area contributed by atoms with Crippen molar-refractivity contribution in [1.29, 1.82) is 0 Å². The van der Waals surface area contributed by atoms with E-state index in [4.69, 9.17) is 9.47 Å². The maximum Gasteiger partial charge on any atom is 0.286 e. The Morgan fingerprint density at radius 2 is 1.85 bits per heavy atom. The first-order valence-corrected chi connectivity index (χ1v) is 8.89. The number of benzene rings is 2. The van der Waals surface area contributed by atoms with E-state index >= 15 is 0 Å². The smallest absolute Gasteiger partial charge is 0.286 e. The molecule has 0 unspecified atom stereocenters. The van der Waals surface area contributed by atoms with Crippen molar-refractivity contribution in [2.75, 3.05) is 25.2 Å². The average Bonchev–Trinajstić information content (AvgIpc) is 2.68. The number of carbonyl (C=O) groups is 1. The fourth-order valence-electron chi connectivity index (χ4n) is 2.72. The van der Waals surface area contributed by atoms with E-state index in [1.807, 2.05) is 37.3 Å². The van der Waals surface area contributed by atoms with Gasteiger partial charge in [-0.2, -0.15) is 0 Å². The molecular weight excluding hydrogens is 348 g/mol. The van der Waals surface area contributed by atoms with Gasteiger partial charge in [0.1, 0.15) is 5.56 Å². The molecule has 0 fully saturated rings. The zero-order chi connectivity index (χ0) is 19.8. The minimum Gasteiger partial charge on any atom is -0.493 e. The number of carbonyl (C=O) groups excluding carboxylic acids is 1. The number of ether oxygens (including phenoxy) is 2. The molecule has 0 atom stereocenters. The molecule has 0 aliphatic carbocycles. The summed E-state index contributed by atoms with van der Waals surface area (Å²) in [5.74, 6) is 0.0855. The number of amides is 1. The van der Waals surface area contributed by atoms with Crippen LogP contribution in [0.15, 0.2) is 42.5 Å². The Kier molecular flexibility index (Phi) is 7.16. The molecule has 0 saturated carbocycles. The van der Waals surface area contributed by atoms with Crippen LogP contribution in [0.3, 0.4) is 0 Å². The van der Waals surface area contributed by atoms with Crippen molar-refractivity contribution in [2.24, 2.45) is 0 Å². The SMILES string of the molecule is CCCCN(C(=O)c1cc(OCC)c(OC)cc1[N+](=O)[O-])c1ccccc1. The number of methoxy groups -OCH3 is 1. The van der Waals surface area contributed by atoms with Gasteiger partial charge in [-0.3, -0.25) is 14.9 Å². The van der Waals surface area contributed by atoms with Crippen LogP contribution in [-0.2, 0) is 0 Å². The summed E-state index contributed by atoms with van der Waals surface area (Å²) < 4.78 is 10.7. The third kappa shape index (κ3) is 4.75. The summed E-state index contributed by atoms with van der Waals surface area (Å²) in [6, 6.07) is 11.8. The van der Waals surface area contributed by atoms with Gasteiger partial charge in [0.15, 0.2) is 11.5 Å². The van der Waals surface area contributed by atoms with Crippen molar-refractivity contribution in [3.8, 4) is 11.5 Å². The Hall–Kier alpha value is -3.09. The number of anilines is 1. The van der Waals surface area contributed by atoms with Crippen LogP contribution in [0.4, 0.5) is 11.4 Å². The van der Waals surface area contributed by atoms with Crippen LogP contribution in [-0.4, -0.2) is 31.1 Å². The van der Waals surface area contributed by atoms with E-state index in [2.05, 4.69) is 0 Å². The van der Waals surface area contributed by atoms with Gasteiger partial charge in [-0.05, 0) is 25.5 Å². The van der Waals surface area contributed by atoms with Crippen molar-refractivity contribution in [3.05, 3.63) is 58.1 Å². The third-order valence-corrected chi connectivity index (χ3v) is 4.06. The first-order chi connectivity index (χ1) is 13.0. The average molecular weight is 372 g/mol. The van der Waals surface area contributed by atoms with E-state index in [-0.39, 0.29) is 17.0 Å². The molecule has 2 rings (SSSR count). The molecule has 2 aromatic carbocycles. The number of hydrogen-bond acceptors (Lipinski definition) is 5. The second-order valence-corrected chi connectivity index (χ2v) is 5.86. The van der Waals surface area contributed by atoms with Crippen LogP contribution in [0.5, 0.6) is 11.5 Å². The minimum absolute atomic E-state index is 0.0239. The zero-order valence-corrected chi connectivity index (χ0v) is 15.8. The summed E-state index contributed by atoms with van der Waals surface area (Å²) >= 11 is 0. The molecule has 2 aromatic rings. The lowest BCUT2D eigenvalue weighted by atomic mass is 10.1. The highest BCUT2D eigenvalue weighted by molar-refractivity contribution is 6.09. The lowest BCUT2D eigenvalue weighted by Gasteiger charge is -2.23. The Morgan fingerprint density at radius 1 is 1.15 bits per heavy atom. The first-order valence-electron chi connectivity index (χ1n) is 8.89. The fraction of sp³-hybridized carbons (Fsp3) is 0.350. The molecular formula is C20H24N2O5. The van der Waals surface area contributed by atoms with Crippen LogP contribution in [0.25, 0.3) is 0 Å². The van der Waals surface area contributed by atoms with Gasteiger partial charge in [-0.15, -0.1) is 0 Å². The fourth-order valence-corrected chi connectivity index (χ4v) is 2.72. The molecule has 0 bridgehead atoms. The van der Waals surface area contributed by atoms with Crippen LogP contribution in [0.2, 0.25) is 0 Å². The van der Waals surface area contributed by atoms with Gasteiger partial charge in [-0.1, -0.05) is 31.5 Å². The summed E-state index contributed by atoms with van der Waals surface area (Å²) in [7, 11) is 1.40. The minimum atomic E-state index is -0.575. The number of nitro benzene ring substituents is 1. The number of rotatable bonds is 9. The molecule has 0 N–H and O–H groups in total. The Balaban J connectivity index is 2.55. The Bertz CT molecular complexity index is 792. The van der Waals surface area contributed by atoms with Gasteiger partial charge in [0.05, 0.1) is 24.7 Å². The van der Waals surface area contributed by atoms with Crippen LogP contribution in [0.1, 0.15) is 37.0 Å². The maximum absolute atomic E-state index is 13.3. The van der Waals surface area contributed by atoms with Crippen LogP contribution >= 0.6 is 0 Å². The summed E-state index contributed by atoms with van der Waals surface area (Å²) in [5, 5.41) is 11.6. The molecule has 0 heterocycles. The molecule has 7 nitrogen and oxygen atoms in total. The summed E-state index contributed by atoms with van der Waals surface area (Å²) in [6.07, 6.45) is 1.68. The number of unbranched alkanes of at least 4 members (excludes halogenated alkanes) is 1. The molecule has 1 amide bonds. The second-order valence-electron chi connectivity index (χ2n) is 5.86. The highest BCUT2D eigenvalue weighted by atomic mass is 16.6. The van der Waals surface area contributed by atoms with Crippen LogP contribution < -0.4 is 14.4 Å². The molecule has 0 aromatic heterocycles. The van der Waals surface area contributed by atoms with Gasteiger partial charge in [0.25, 0.3) is 11.6 Å². The van der Waals surface area contributed by atoms with Crippen molar-refractivity contribution in [3.63, 3.8) is 0 Å². The van der Waals surface area contributed by atoms with Gasteiger partial charge in [-0.25, -0.2) is 0 Å². The number of nitro groups is 1. The van der Waals surface area contributed by atoms with Crippen molar-refractivity contribution >= 4 is 17.3 Å². The molecule has 27 heavy (non-hydrogen) atoms. The summed E-state index contributed by atoms with van der Waals surface area (Å²) in [4.78, 5) is 25.8. The Labute approximate surface area is 158 Å². The normalized spacial score (nSPS) is 10.3. The monoisotopic (exact) mass is 372 g/mol. The van der Waals surface area contributed by atoms with E-state index in [9.17, 15) is 14.9 Å². The lowest BCUT2D eigenvalue weighted by Crippen LogP contribution is -2.32. The van der Waals surface area contributed by atoms with Crippen molar-refractivity contribution < 1.29 is 19.2 Å². The van der Waals surface area contributed by atoms with Crippen molar-refractivity contribution in [1.82, 2.24) is 0 Å². The van der Waals surface area contributed by atoms with E-state index in [0.717, 1.165) is 12.8 Å². The topological polar surface area (TPSA) is 81.9 Å². The Morgan fingerprint density at radius 3 is 2.41 bits per heavy atom. The van der Waals surface area contributed by atoms with Crippen molar-refractivity contribution in [2.45, 2.75) is 26.7 Å². The molecule has 0 aliphatic rings. The summed E-state index contributed by atoms with van der Waals surface area (Å²) in [5.41, 5.74) is 0.362. The third-order valence-electron chi connectivity index (χ3n) is 4.06. The quantitative estimate of drug-likeness (QED) is 0.480. The molecule has 0 aliphatic heterocycles. The van der Waals surface area contributed by atoms with Crippen LogP contribution in [0, 0.1) is 10.1 Å². The number of nitrogens with zero attached hydrogens (tertiary/aromatic N) is 2. The predicted molar refractivity (Wildman–Crippen MR) is 104 cm³/mol. The van der Waals surface area contributed by atoms with Gasteiger partial charge >= 0.3 is 0 Å². The highest BCUT2D eigenvalue weighted by Gasteiger charge is 2.28. The van der Waals surface area contributed by atoms with E-state index < -0.39 is 10.8 Å². The molecule has 7 heteroatoms. The maximum atomic E-state index is 13.3. The second kappa shape index (κ2) is 9.56. The van der Waals surface area contributed by atoms with E-state index in [1.54, 1.807) is 11.8 Å². The largest absolute Gasteiger partial charge is 0.493 e.